The van der Waals surface area contributed by atoms with Crippen molar-refractivity contribution < 1.29 is 4.74 Å². The number of hydrogen-bond donors (Lipinski definition) is 1. The third kappa shape index (κ3) is 4.13. The largest absolute Gasteiger partial charge is 0.380 e. The molecule has 0 aliphatic carbocycles. The highest BCUT2D eigenvalue weighted by atomic mass is 16.5. The fourth-order valence-corrected chi connectivity index (χ4v) is 1.90. The molecule has 4 nitrogen and oxygen atoms in total. The van der Waals surface area contributed by atoms with E-state index in [0.717, 1.165) is 31.8 Å². The van der Waals surface area contributed by atoms with Crippen molar-refractivity contribution in [3.8, 4) is 0 Å². The third-order valence-corrected chi connectivity index (χ3v) is 2.72. The molecular weight excluding hydrogens is 214 g/mol. The zero-order valence-corrected chi connectivity index (χ0v) is 11.5. The van der Waals surface area contributed by atoms with E-state index in [0.29, 0.717) is 6.61 Å². The average Bonchev–Trinajstić information content (AvgIpc) is 2.70. The van der Waals surface area contributed by atoms with E-state index in [9.17, 15) is 0 Å². The fraction of sp³-hybridized carbons (Fsp3) is 0.769. The monoisotopic (exact) mass is 239 g/mol. The molecule has 0 amide bonds. The summed E-state index contributed by atoms with van der Waals surface area (Å²) in [6.07, 6.45) is 1.13. The maximum atomic E-state index is 5.55. The molecule has 1 rings (SSSR count). The van der Waals surface area contributed by atoms with Gasteiger partial charge in [-0.2, -0.15) is 5.10 Å². The van der Waals surface area contributed by atoms with Crippen LogP contribution in [-0.2, 0) is 11.3 Å². The summed E-state index contributed by atoms with van der Waals surface area (Å²) < 4.78 is 7.61. The molecule has 0 fully saturated rings. The topological polar surface area (TPSA) is 39.1 Å². The van der Waals surface area contributed by atoms with Crippen LogP contribution in [0.25, 0.3) is 0 Å². The fourth-order valence-electron chi connectivity index (χ4n) is 1.90. The quantitative estimate of drug-likeness (QED) is 0.756. The molecule has 0 aliphatic rings. The number of hydrogen-bond acceptors (Lipinski definition) is 3. The van der Waals surface area contributed by atoms with Crippen LogP contribution in [0.15, 0.2) is 6.07 Å². The number of nitrogens with zero attached hydrogens (tertiary/aromatic N) is 2. The Balaban J connectivity index is 2.78. The third-order valence-electron chi connectivity index (χ3n) is 2.72. The van der Waals surface area contributed by atoms with Crippen molar-refractivity contribution in [1.82, 2.24) is 15.1 Å². The van der Waals surface area contributed by atoms with Crippen LogP contribution in [0.2, 0.25) is 0 Å². The Hall–Kier alpha value is -0.870. The van der Waals surface area contributed by atoms with E-state index in [1.165, 1.54) is 5.69 Å². The van der Waals surface area contributed by atoms with E-state index in [1.54, 1.807) is 0 Å². The van der Waals surface area contributed by atoms with Crippen LogP contribution in [-0.4, -0.2) is 29.5 Å². The van der Waals surface area contributed by atoms with Crippen molar-refractivity contribution in [3.05, 3.63) is 17.5 Å². The molecule has 0 bridgehead atoms. The summed E-state index contributed by atoms with van der Waals surface area (Å²) in [7, 11) is 0. The van der Waals surface area contributed by atoms with Crippen molar-refractivity contribution in [2.45, 2.75) is 46.7 Å². The summed E-state index contributed by atoms with van der Waals surface area (Å²) in [6.45, 7) is 11.7. The summed E-state index contributed by atoms with van der Waals surface area (Å²) in [6, 6.07) is 2.39. The van der Waals surface area contributed by atoms with Crippen LogP contribution < -0.4 is 5.32 Å². The lowest BCUT2D eigenvalue weighted by Crippen LogP contribution is -2.28. The van der Waals surface area contributed by atoms with Gasteiger partial charge in [-0.15, -0.1) is 0 Å². The highest BCUT2D eigenvalue weighted by Crippen LogP contribution is 2.15. The minimum Gasteiger partial charge on any atom is -0.380 e. The minimum absolute atomic E-state index is 0.246. The molecule has 1 heterocycles. The highest BCUT2D eigenvalue weighted by molar-refractivity contribution is 5.13. The van der Waals surface area contributed by atoms with Crippen LogP contribution in [0.5, 0.6) is 0 Å². The summed E-state index contributed by atoms with van der Waals surface area (Å²) in [5.41, 5.74) is 2.30. The van der Waals surface area contributed by atoms with Crippen LogP contribution >= 0.6 is 0 Å². The Bertz CT molecular complexity index is 314. The molecule has 0 aliphatic heterocycles. The first-order valence-electron chi connectivity index (χ1n) is 6.58. The van der Waals surface area contributed by atoms with Crippen LogP contribution in [0.4, 0.5) is 0 Å². The minimum atomic E-state index is 0.246. The lowest BCUT2D eigenvalue weighted by Gasteiger charge is -2.19. The lowest BCUT2D eigenvalue weighted by molar-refractivity contribution is 0.120. The van der Waals surface area contributed by atoms with Gasteiger partial charge in [-0.1, -0.05) is 6.92 Å². The van der Waals surface area contributed by atoms with E-state index in [2.05, 4.69) is 35.0 Å². The van der Waals surface area contributed by atoms with Crippen molar-refractivity contribution in [2.24, 2.45) is 0 Å². The highest BCUT2D eigenvalue weighted by Gasteiger charge is 2.16. The molecule has 0 saturated carbocycles. The predicted molar refractivity (Wildman–Crippen MR) is 70.2 cm³/mol. The Kier molecular flexibility index (Phi) is 6.22. The van der Waals surface area contributed by atoms with Gasteiger partial charge < -0.3 is 10.1 Å². The van der Waals surface area contributed by atoms with Crippen molar-refractivity contribution in [3.63, 3.8) is 0 Å². The van der Waals surface area contributed by atoms with Crippen molar-refractivity contribution >= 4 is 0 Å². The molecule has 98 valence electrons. The second-order valence-electron chi connectivity index (χ2n) is 4.19. The van der Waals surface area contributed by atoms with E-state index in [4.69, 9.17) is 4.74 Å². The Labute approximate surface area is 104 Å². The summed E-state index contributed by atoms with van der Waals surface area (Å²) in [5.74, 6) is 0. The molecule has 0 saturated heterocycles. The van der Waals surface area contributed by atoms with E-state index in [1.807, 2.05) is 13.8 Å². The summed E-state index contributed by atoms with van der Waals surface area (Å²) >= 11 is 0. The zero-order chi connectivity index (χ0) is 12.7. The molecule has 0 aromatic carbocycles. The number of ether oxygens (including phenoxy) is 1. The van der Waals surface area contributed by atoms with Crippen LogP contribution in [0.3, 0.4) is 0 Å². The smallest absolute Gasteiger partial charge is 0.0729 e. The van der Waals surface area contributed by atoms with Crippen LogP contribution in [0, 0.1) is 6.92 Å². The first kappa shape index (κ1) is 14.2. The average molecular weight is 239 g/mol. The standard InChI is InChI=1S/C13H25N3O/c1-5-8-14-12(10-17-7-3)13-9-11(4)15-16(13)6-2/h9,12,14H,5-8,10H2,1-4H3. The summed E-state index contributed by atoms with van der Waals surface area (Å²) in [4.78, 5) is 0. The first-order valence-corrected chi connectivity index (χ1v) is 6.58. The van der Waals surface area contributed by atoms with E-state index >= 15 is 0 Å². The summed E-state index contributed by atoms with van der Waals surface area (Å²) in [5, 5.41) is 8.01. The molecule has 1 unspecified atom stereocenters. The van der Waals surface area contributed by atoms with Crippen LogP contribution in [0.1, 0.15) is 44.6 Å². The first-order chi connectivity index (χ1) is 8.22. The van der Waals surface area contributed by atoms with Gasteiger partial charge in [-0.3, -0.25) is 4.68 Å². The molecule has 1 aromatic heterocycles. The molecule has 17 heavy (non-hydrogen) atoms. The Morgan fingerprint density at radius 2 is 2.18 bits per heavy atom. The zero-order valence-electron chi connectivity index (χ0n) is 11.5. The number of aryl methyl sites for hydroxylation is 2. The van der Waals surface area contributed by atoms with Crippen molar-refractivity contribution in [1.29, 1.82) is 0 Å². The molecule has 1 atom stereocenters. The Morgan fingerprint density at radius 3 is 2.76 bits per heavy atom. The SMILES string of the molecule is CCCNC(COCC)c1cc(C)nn1CC. The molecular formula is C13H25N3O. The molecule has 4 heteroatoms. The molecule has 1 aromatic rings. The maximum absolute atomic E-state index is 5.55. The van der Waals surface area contributed by atoms with E-state index < -0.39 is 0 Å². The normalized spacial score (nSPS) is 12.9. The van der Waals surface area contributed by atoms with Gasteiger partial charge in [0.05, 0.1) is 24.0 Å². The van der Waals surface area contributed by atoms with Gasteiger partial charge in [0.2, 0.25) is 0 Å². The Morgan fingerprint density at radius 1 is 1.41 bits per heavy atom. The number of nitrogens with one attached hydrogen (secondary N) is 1. The van der Waals surface area contributed by atoms with E-state index in [-0.39, 0.29) is 6.04 Å². The second kappa shape index (κ2) is 7.45. The maximum Gasteiger partial charge on any atom is 0.0729 e. The molecule has 0 spiro atoms. The van der Waals surface area contributed by atoms with Crippen molar-refractivity contribution in [2.75, 3.05) is 19.8 Å². The van der Waals surface area contributed by atoms with Gasteiger partial charge >= 0.3 is 0 Å². The number of aromatic nitrogens is 2. The lowest BCUT2D eigenvalue weighted by atomic mass is 10.2. The number of rotatable bonds is 8. The van der Waals surface area contributed by atoms with Gasteiger partial charge in [-0.25, -0.2) is 0 Å². The second-order valence-corrected chi connectivity index (χ2v) is 4.19. The van der Waals surface area contributed by atoms with Gasteiger partial charge in [0.15, 0.2) is 0 Å². The van der Waals surface area contributed by atoms with Gasteiger partial charge in [-0.05, 0) is 39.8 Å². The molecule has 1 N–H and O–H groups in total. The molecule has 0 radical (unpaired) electrons. The van der Waals surface area contributed by atoms with Gasteiger partial charge in [0.1, 0.15) is 0 Å². The predicted octanol–water partition coefficient (Wildman–Crippen LogP) is 2.29. The van der Waals surface area contributed by atoms with Gasteiger partial charge in [0.25, 0.3) is 0 Å². The van der Waals surface area contributed by atoms with Gasteiger partial charge in [0, 0.05) is 13.2 Å².